The van der Waals surface area contributed by atoms with Crippen LogP contribution in [-0.2, 0) is 16.0 Å². The van der Waals surface area contributed by atoms with Gasteiger partial charge in [0, 0.05) is 32.2 Å². The van der Waals surface area contributed by atoms with Crippen molar-refractivity contribution in [3.63, 3.8) is 0 Å². The van der Waals surface area contributed by atoms with Crippen LogP contribution in [0.25, 0.3) is 0 Å². The number of hydrogen-bond donors (Lipinski definition) is 0. The van der Waals surface area contributed by atoms with Crippen molar-refractivity contribution < 1.29 is 9.47 Å². The third kappa shape index (κ3) is 3.33. The number of nitriles is 1. The molecule has 3 atom stereocenters. The third-order valence-electron chi connectivity index (χ3n) is 5.05. The third-order valence-corrected chi connectivity index (χ3v) is 5.05. The first-order valence-electron chi connectivity index (χ1n) is 8.15. The highest BCUT2D eigenvalue weighted by atomic mass is 16.5. The molecule has 0 N–H and O–H groups in total. The van der Waals surface area contributed by atoms with E-state index in [-0.39, 0.29) is 0 Å². The van der Waals surface area contributed by atoms with Crippen molar-refractivity contribution in [1.29, 1.82) is 5.26 Å². The predicted molar refractivity (Wildman–Crippen MR) is 84.3 cm³/mol. The molecule has 1 heterocycles. The van der Waals surface area contributed by atoms with Crippen LogP contribution in [0.15, 0.2) is 24.3 Å². The van der Waals surface area contributed by atoms with Gasteiger partial charge in [0.25, 0.3) is 0 Å². The SMILES string of the molecule is CO[C@@H]1CCC[C@H]1[C@@H]1COCCN1Cc1ccc(C#N)cc1. The molecule has 118 valence electrons. The Morgan fingerprint density at radius 3 is 2.86 bits per heavy atom. The average molecular weight is 300 g/mol. The fourth-order valence-corrected chi connectivity index (χ4v) is 3.85. The van der Waals surface area contributed by atoms with Crippen LogP contribution >= 0.6 is 0 Å². The molecule has 3 rings (SSSR count). The van der Waals surface area contributed by atoms with E-state index in [2.05, 4.69) is 23.1 Å². The van der Waals surface area contributed by atoms with Gasteiger partial charge in [-0.05, 0) is 30.5 Å². The molecule has 1 aliphatic carbocycles. The van der Waals surface area contributed by atoms with Gasteiger partial charge in [0.05, 0.1) is 31.0 Å². The lowest BCUT2D eigenvalue weighted by molar-refractivity contribution is -0.0608. The Balaban J connectivity index is 1.70. The van der Waals surface area contributed by atoms with E-state index in [4.69, 9.17) is 14.7 Å². The molecule has 0 aromatic heterocycles. The Kier molecular flexibility index (Phi) is 5.09. The summed E-state index contributed by atoms with van der Waals surface area (Å²) in [6, 6.07) is 10.5. The Morgan fingerprint density at radius 1 is 1.32 bits per heavy atom. The van der Waals surface area contributed by atoms with Gasteiger partial charge < -0.3 is 9.47 Å². The highest BCUT2D eigenvalue weighted by molar-refractivity contribution is 5.31. The molecule has 22 heavy (non-hydrogen) atoms. The zero-order valence-electron chi connectivity index (χ0n) is 13.2. The molecular weight excluding hydrogens is 276 g/mol. The first kappa shape index (κ1) is 15.5. The second kappa shape index (κ2) is 7.23. The quantitative estimate of drug-likeness (QED) is 0.857. The summed E-state index contributed by atoms with van der Waals surface area (Å²) in [7, 11) is 1.83. The summed E-state index contributed by atoms with van der Waals surface area (Å²) in [5.41, 5.74) is 1.98. The van der Waals surface area contributed by atoms with E-state index in [1.54, 1.807) is 0 Å². The predicted octanol–water partition coefficient (Wildman–Crippen LogP) is 2.57. The monoisotopic (exact) mass is 300 g/mol. The molecule has 2 aliphatic rings. The van der Waals surface area contributed by atoms with Crippen molar-refractivity contribution in [2.24, 2.45) is 5.92 Å². The van der Waals surface area contributed by atoms with Crippen LogP contribution in [0.3, 0.4) is 0 Å². The molecule has 1 aromatic carbocycles. The minimum atomic E-state index is 0.371. The smallest absolute Gasteiger partial charge is 0.0991 e. The molecule has 0 bridgehead atoms. The van der Waals surface area contributed by atoms with Gasteiger partial charge in [0.15, 0.2) is 0 Å². The normalized spacial score (nSPS) is 29.4. The second-order valence-electron chi connectivity index (χ2n) is 6.29. The van der Waals surface area contributed by atoms with Gasteiger partial charge in [-0.1, -0.05) is 18.6 Å². The Hall–Kier alpha value is -1.41. The maximum absolute atomic E-state index is 8.90. The fraction of sp³-hybridized carbons (Fsp3) is 0.611. The second-order valence-corrected chi connectivity index (χ2v) is 6.29. The Labute approximate surface area is 132 Å². The van der Waals surface area contributed by atoms with Crippen LogP contribution in [0.2, 0.25) is 0 Å². The Morgan fingerprint density at radius 2 is 2.14 bits per heavy atom. The fourth-order valence-electron chi connectivity index (χ4n) is 3.85. The molecule has 0 amide bonds. The van der Waals surface area contributed by atoms with Crippen molar-refractivity contribution >= 4 is 0 Å². The Bertz CT molecular complexity index is 523. The standard InChI is InChI=1S/C18H24N2O2/c1-21-18-4-2-3-16(18)17-13-22-10-9-20(17)12-15-7-5-14(11-19)6-8-15/h5-8,16-18H,2-4,9-10,12-13H2,1H3/t16-,17-,18+/m0/s1. The molecule has 4 nitrogen and oxygen atoms in total. The molecule has 0 unspecified atom stereocenters. The molecule has 1 aliphatic heterocycles. The van der Waals surface area contributed by atoms with Crippen LogP contribution < -0.4 is 0 Å². The maximum Gasteiger partial charge on any atom is 0.0991 e. The number of rotatable bonds is 4. The van der Waals surface area contributed by atoms with Gasteiger partial charge in [0.1, 0.15) is 0 Å². The van der Waals surface area contributed by atoms with E-state index in [1.807, 2.05) is 19.2 Å². The molecule has 1 saturated heterocycles. The largest absolute Gasteiger partial charge is 0.381 e. The van der Waals surface area contributed by atoms with Crippen molar-refractivity contribution in [2.45, 2.75) is 38.0 Å². The molecule has 0 spiro atoms. The van der Waals surface area contributed by atoms with Crippen LogP contribution in [0.5, 0.6) is 0 Å². The molecule has 1 saturated carbocycles. The van der Waals surface area contributed by atoms with E-state index < -0.39 is 0 Å². The van der Waals surface area contributed by atoms with Crippen molar-refractivity contribution in [3.05, 3.63) is 35.4 Å². The minimum absolute atomic E-state index is 0.371. The van der Waals surface area contributed by atoms with Crippen LogP contribution in [0.4, 0.5) is 0 Å². The van der Waals surface area contributed by atoms with E-state index >= 15 is 0 Å². The lowest BCUT2D eigenvalue weighted by atomic mass is 9.93. The summed E-state index contributed by atoms with van der Waals surface area (Å²) >= 11 is 0. The molecule has 0 radical (unpaired) electrons. The van der Waals surface area contributed by atoms with E-state index in [0.29, 0.717) is 18.1 Å². The maximum atomic E-state index is 8.90. The van der Waals surface area contributed by atoms with Gasteiger partial charge in [-0.25, -0.2) is 0 Å². The highest BCUT2D eigenvalue weighted by Crippen LogP contribution is 2.34. The van der Waals surface area contributed by atoms with E-state index in [1.165, 1.54) is 24.8 Å². The summed E-state index contributed by atoms with van der Waals surface area (Å²) in [4.78, 5) is 2.53. The number of methoxy groups -OCH3 is 1. The summed E-state index contributed by atoms with van der Waals surface area (Å²) in [5.74, 6) is 0.573. The highest BCUT2D eigenvalue weighted by Gasteiger charge is 2.38. The van der Waals surface area contributed by atoms with Gasteiger partial charge >= 0.3 is 0 Å². The zero-order valence-corrected chi connectivity index (χ0v) is 13.2. The van der Waals surface area contributed by atoms with Gasteiger partial charge in [-0.15, -0.1) is 0 Å². The van der Waals surface area contributed by atoms with Crippen LogP contribution in [-0.4, -0.2) is 43.9 Å². The number of hydrogen-bond acceptors (Lipinski definition) is 4. The van der Waals surface area contributed by atoms with Crippen molar-refractivity contribution in [2.75, 3.05) is 26.9 Å². The first-order valence-corrected chi connectivity index (χ1v) is 8.15. The van der Waals surface area contributed by atoms with Crippen molar-refractivity contribution in [1.82, 2.24) is 4.90 Å². The number of ether oxygens (including phenoxy) is 2. The van der Waals surface area contributed by atoms with Crippen LogP contribution in [0, 0.1) is 17.2 Å². The summed E-state index contributed by atoms with van der Waals surface area (Å²) < 4.78 is 11.4. The summed E-state index contributed by atoms with van der Waals surface area (Å²) in [6.07, 6.45) is 4.03. The first-order chi connectivity index (χ1) is 10.8. The van der Waals surface area contributed by atoms with E-state index in [0.717, 1.165) is 31.9 Å². The van der Waals surface area contributed by atoms with Gasteiger partial charge in [0.2, 0.25) is 0 Å². The number of morpholine rings is 1. The lowest BCUT2D eigenvalue weighted by Crippen LogP contribution is -2.50. The number of nitrogens with zero attached hydrogens (tertiary/aromatic N) is 2. The van der Waals surface area contributed by atoms with E-state index in [9.17, 15) is 0 Å². The zero-order chi connectivity index (χ0) is 15.4. The van der Waals surface area contributed by atoms with Gasteiger partial charge in [-0.2, -0.15) is 5.26 Å². The van der Waals surface area contributed by atoms with Gasteiger partial charge in [-0.3, -0.25) is 4.90 Å². The van der Waals surface area contributed by atoms with Crippen LogP contribution in [0.1, 0.15) is 30.4 Å². The number of benzene rings is 1. The molecular formula is C18H24N2O2. The van der Waals surface area contributed by atoms with Crippen molar-refractivity contribution in [3.8, 4) is 6.07 Å². The average Bonchev–Trinajstić information content (AvgIpc) is 3.04. The topological polar surface area (TPSA) is 45.5 Å². The minimum Gasteiger partial charge on any atom is -0.381 e. The molecule has 2 fully saturated rings. The lowest BCUT2D eigenvalue weighted by Gasteiger charge is -2.40. The molecule has 4 heteroatoms. The molecule has 1 aromatic rings. The summed E-state index contributed by atoms with van der Waals surface area (Å²) in [6.45, 7) is 3.50. The summed E-state index contributed by atoms with van der Waals surface area (Å²) in [5, 5.41) is 8.90.